The maximum Gasteiger partial charge on any atom is 0.355 e. The topological polar surface area (TPSA) is 100 Å². The maximum absolute atomic E-state index is 11.9. The third-order valence-corrected chi connectivity index (χ3v) is 3.53. The van der Waals surface area contributed by atoms with Crippen molar-refractivity contribution in [3.05, 3.63) is 45.0 Å². The van der Waals surface area contributed by atoms with Crippen molar-refractivity contribution in [1.29, 1.82) is 0 Å². The van der Waals surface area contributed by atoms with Gasteiger partial charge in [0.1, 0.15) is 12.2 Å². The van der Waals surface area contributed by atoms with Crippen molar-refractivity contribution >= 4 is 17.3 Å². The summed E-state index contributed by atoms with van der Waals surface area (Å²) in [5.74, 6) is 0.364. The number of esters is 1. The highest BCUT2D eigenvalue weighted by Crippen LogP contribution is 2.16. The van der Waals surface area contributed by atoms with Gasteiger partial charge in [0, 0.05) is 5.38 Å². The Morgan fingerprint density at radius 1 is 1.50 bits per heavy atom. The van der Waals surface area contributed by atoms with E-state index in [0.717, 1.165) is 11.3 Å². The van der Waals surface area contributed by atoms with E-state index in [1.54, 1.807) is 19.1 Å². The lowest BCUT2D eigenvalue weighted by atomic mass is 10.4. The molecule has 0 N–H and O–H groups in total. The molecule has 3 rings (SSSR count). The van der Waals surface area contributed by atoms with Gasteiger partial charge in [-0.05, 0) is 19.1 Å². The highest BCUT2D eigenvalue weighted by molar-refractivity contribution is 7.07. The van der Waals surface area contributed by atoms with Crippen LogP contribution in [0.3, 0.4) is 0 Å². The average Bonchev–Trinajstić information content (AvgIpc) is 3.22. The van der Waals surface area contributed by atoms with E-state index in [9.17, 15) is 9.59 Å². The largest absolute Gasteiger partial charge is 0.461 e. The summed E-state index contributed by atoms with van der Waals surface area (Å²) in [4.78, 5) is 27.5. The minimum absolute atomic E-state index is 0.00973. The van der Waals surface area contributed by atoms with Crippen molar-refractivity contribution in [3.8, 4) is 11.6 Å². The van der Waals surface area contributed by atoms with E-state index < -0.39 is 5.97 Å². The number of carbonyl (C=O) groups excluding carboxylic acids is 1. The van der Waals surface area contributed by atoms with E-state index in [4.69, 9.17) is 13.7 Å². The molecule has 0 fully saturated rings. The molecule has 8 nitrogen and oxygen atoms in total. The molecule has 0 radical (unpaired) electrons. The van der Waals surface area contributed by atoms with Crippen LogP contribution in [0.1, 0.15) is 23.3 Å². The quantitative estimate of drug-likeness (QED) is 0.660. The smallest absolute Gasteiger partial charge is 0.355 e. The second kappa shape index (κ2) is 5.98. The zero-order valence-electron chi connectivity index (χ0n) is 11.5. The Balaban J connectivity index is 1.86. The minimum Gasteiger partial charge on any atom is -0.461 e. The summed E-state index contributed by atoms with van der Waals surface area (Å²) < 4.78 is 16.4. The fraction of sp³-hybridized carbons (Fsp3) is 0.231. The number of ether oxygens (including phenoxy) is 1. The van der Waals surface area contributed by atoms with Crippen LogP contribution in [0.4, 0.5) is 0 Å². The van der Waals surface area contributed by atoms with Gasteiger partial charge < -0.3 is 13.7 Å². The Morgan fingerprint density at radius 3 is 3.09 bits per heavy atom. The van der Waals surface area contributed by atoms with Gasteiger partial charge in [-0.25, -0.2) is 4.79 Å². The fourth-order valence-corrected chi connectivity index (χ4v) is 2.53. The molecule has 3 aromatic heterocycles. The van der Waals surface area contributed by atoms with Gasteiger partial charge in [0.05, 0.1) is 12.9 Å². The highest BCUT2D eigenvalue weighted by Gasteiger charge is 2.19. The molecule has 0 saturated heterocycles. The number of hydrogen-bond acceptors (Lipinski definition) is 8. The first kappa shape index (κ1) is 14.3. The molecule has 0 saturated carbocycles. The second-order valence-corrected chi connectivity index (χ2v) is 5.00. The minimum atomic E-state index is -0.563. The zero-order valence-corrected chi connectivity index (χ0v) is 12.3. The summed E-state index contributed by atoms with van der Waals surface area (Å²) in [5.41, 5.74) is 0.162. The van der Waals surface area contributed by atoms with Gasteiger partial charge in [-0.1, -0.05) is 16.5 Å². The lowest BCUT2D eigenvalue weighted by Crippen LogP contribution is -2.21. The average molecular weight is 321 g/mol. The van der Waals surface area contributed by atoms with E-state index in [1.807, 2.05) is 0 Å². The SMILES string of the molecule is CCOC(=O)c1csc(=O)n1Cc1nc(-c2ccco2)no1. The van der Waals surface area contributed by atoms with Crippen LogP contribution in [0.5, 0.6) is 0 Å². The number of nitrogens with zero attached hydrogens (tertiary/aromatic N) is 3. The van der Waals surface area contributed by atoms with Gasteiger partial charge in [-0.3, -0.25) is 9.36 Å². The Labute approximate surface area is 127 Å². The number of rotatable bonds is 5. The van der Waals surface area contributed by atoms with Crippen molar-refractivity contribution < 1.29 is 18.5 Å². The molecular weight excluding hydrogens is 310 g/mol. The van der Waals surface area contributed by atoms with Crippen LogP contribution in [0.25, 0.3) is 11.6 Å². The number of aromatic nitrogens is 3. The highest BCUT2D eigenvalue weighted by atomic mass is 32.1. The summed E-state index contributed by atoms with van der Waals surface area (Å²) in [7, 11) is 0. The summed E-state index contributed by atoms with van der Waals surface area (Å²) >= 11 is 0.907. The molecule has 22 heavy (non-hydrogen) atoms. The standard InChI is InChI=1S/C13H11N3O5S/c1-2-19-12(17)8-7-22-13(18)16(8)6-10-14-11(15-21-10)9-4-3-5-20-9/h3-5,7H,2,6H2,1H3. The van der Waals surface area contributed by atoms with Crippen LogP contribution in [-0.2, 0) is 11.3 Å². The molecular formula is C13H11N3O5S. The van der Waals surface area contributed by atoms with Crippen molar-refractivity contribution in [3.63, 3.8) is 0 Å². The monoisotopic (exact) mass is 321 g/mol. The van der Waals surface area contributed by atoms with Crippen LogP contribution >= 0.6 is 11.3 Å². The normalized spacial score (nSPS) is 10.8. The number of furan rings is 1. The van der Waals surface area contributed by atoms with Crippen LogP contribution in [0, 0.1) is 0 Å². The van der Waals surface area contributed by atoms with Gasteiger partial charge in [0.2, 0.25) is 11.7 Å². The zero-order chi connectivity index (χ0) is 15.5. The molecule has 114 valence electrons. The van der Waals surface area contributed by atoms with Gasteiger partial charge in [0.25, 0.3) is 0 Å². The summed E-state index contributed by atoms with van der Waals surface area (Å²) in [6.45, 7) is 1.91. The Kier molecular flexibility index (Phi) is 3.88. The Hall–Kier alpha value is -2.68. The molecule has 3 heterocycles. The van der Waals surface area contributed by atoms with E-state index in [1.165, 1.54) is 16.2 Å². The maximum atomic E-state index is 11.9. The summed E-state index contributed by atoms with van der Waals surface area (Å²) in [5, 5.41) is 5.22. The van der Waals surface area contributed by atoms with Crippen molar-refractivity contribution in [2.75, 3.05) is 6.61 Å². The molecule has 0 unspecified atom stereocenters. The first-order valence-corrected chi connectivity index (χ1v) is 7.29. The van der Waals surface area contributed by atoms with E-state index >= 15 is 0 Å². The lowest BCUT2D eigenvalue weighted by molar-refractivity contribution is 0.0513. The van der Waals surface area contributed by atoms with E-state index in [-0.39, 0.29) is 35.4 Å². The first-order valence-electron chi connectivity index (χ1n) is 6.41. The molecule has 0 aromatic carbocycles. The molecule has 0 aliphatic heterocycles. The summed E-state index contributed by atoms with van der Waals surface area (Å²) in [6, 6.07) is 3.39. The molecule has 0 amide bonds. The van der Waals surface area contributed by atoms with Gasteiger partial charge >= 0.3 is 10.8 Å². The number of thiazole rings is 1. The lowest BCUT2D eigenvalue weighted by Gasteiger charge is -2.03. The Bertz CT molecular complexity index is 830. The first-order chi connectivity index (χ1) is 10.7. The van der Waals surface area contributed by atoms with Crippen molar-refractivity contribution in [2.45, 2.75) is 13.5 Å². The molecule has 0 bridgehead atoms. The van der Waals surface area contributed by atoms with Crippen LogP contribution < -0.4 is 4.87 Å². The second-order valence-electron chi connectivity index (χ2n) is 4.18. The van der Waals surface area contributed by atoms with Gasteiger partial charge in [-0.2, -0.15) is 4.98 Å². The van der Waals surface area contributed by atoms with Crippen molar-refractivity contribution in [1.82, 2.24) is 14.7 Å². The number of carbonyl (C=O) groups is 1. The third-order valence-electron chi connectivity index (χ3n) is 2.77. The van der Waals surface area contributed by atoms with E-state index in [2.05, 4.69) is 10.1 Å². The number of hydrogen-bond donors (Lipinski definition) is 0. The van der Waals surface area contributed by atoms with Crippen LogP contribution in [-0.4, -0.2) is 27.3 Å². The molecule has 0 spiro atoms. The van der Waals surface area contributed by atoms with Crippen LogP contribution in [0.15, 0.2) is 37.5 Å². The molecule has 0 aliphatic carbocycles. The third kappa shape index (κ3) is 2.70. The van der Waals surface area contributed by atoms with Gasteiger partial charge in [-0.15, -0.1) is 0 Å². The Morgan fingerprint density at radius 2 is 2.36 bits per heavy atom. The van der Waals surface area contributed by atoms with Crippen LogP contribution in [0.2, 0.25) is 0 Å². The van der Waals surface area contributed by atoms with Gasteiger partial charge in [0.15, 0.2) is 5.76 Å². The predicted molar refractivity (Wildman–Crippen MR) is 75.6 cm³/mol. The summed E-state index contributed by atoms with van der Waals surface area (Å²) in [6.07, 6.45) is 1.49. The molecule has 3 aromatic rings. The predicted octanol–water partition coefficient (Wildman–Crippen LogP) is 1.78. The fourth-order valence-electron chi connectivity index (χ4n) is 1.81. The van der Waals surface area contributed by atoms with Crippen molar-refractivity contribution in [2.24, 2.45) is 0 Å². The molecule has 0 atom stereocenters. The van der Waals surface area contributed by atoms with E-state index in [0.29, 0.717) is 5.76 Å². The molecule has 9 heteroatoms. The molecule has 0 aliphatic rings.